The van der Waals surface area contributed by atoms with E-state index in [-0.39, 0.29) is 16.6 Å². The van der Waals surface area contributed by atoms with E-state index in [0.717, 1.165) is 12.2 Å². The lowest BCUT2D eigenvalue weighted by molar-refractivity contribution is -0.140. The van der Waals surface area contributed by atoms with Crippen LogP contribution in [0.15, 0.2) is 0 Å². The molecule has 0 aromatic rings. The number of amides is 1. The molecule has 5 heteroatoms. The number of aliphatic carboxylic acids is 1. The largest absolute Gasteiger partial charge is 0.481 e. The van der Waals surface area contributed by atoms with Crippen LogP contribution in [0.1, 0.15) is 33.6 Å². The highest BCUT2D eigenvalue weighted by atomic mass is 32.2. The van der Waals surface area contributed by atoms with Crippen LogP contribution in [0, 0.1) is 17.3 Å². The lowest BCUT2D eigenvalue weighted by Crippen LogP contribution is -2.38. The van der Waals surface area contributed by atoms with Crippen LogP contribution < -0.4 is 5.32 Å². The Morgan fingerprint density at radius 1 is 1.33 bits per heavy atom. The van der Waals surface area contributed by atoms with Crippen molar-refractivity contribution in [3.8, 4) is 0 Å². The molecular weight excluding hydrogens is 250 g/mol. The Bertz CT molecular complexity index is 374. The fourth-order valence-corrected chi connectivity index (χ4v) is 4.19. The number of rotatable bonds is 4. The molecule has 0 aromatic heterocycles. The number of carboxylic acids is 1. The second kappa shape index (κ2) is 4.44. The van der Waals surface area contributed by atoms with Gasteiger partial charge >= 0.3 is 5.97 Å². The Morgan fingerprint density at radius 3 is 2.44 bits per heavy atom. The van der Waals surface area contributed by atoms with Gasteiger partial charge in [0.1, 0.15) is 0 Å². The first-order valence-corrected chi connectivity index (χ1v) is 7.41. The van der Waals surface area contributed by atoms with Gasteiger partial charge in [-0.2, -0.15) is 11.8 Å². The molecule has 0 bridgehead atoms. The van der Waals surface area contributed by atoms with Gasteiger partial charge in [-0.3, -0.25) is 9.59 Å². The van der Waals surface area contributed by atoms with E-state index in [4.69, 9.17) is 5.11 Å². The highest BCUT2D eigenvalue weighted by Crippen LogP contribution is 2.58. The van der Waals surface area contributed by atoms with E-state index in [9.17, 15) is 9.59 Å². The fourth-order valence-electron chi connectivity index (χ4n) is 2.95. The van der Waals surface area contributed by atoms with Crippen LogP contribution in [-0.2, 0) is 9.59 Å². The maximum absolute atomic E-state index is 12.1. The Kier molecular flexibility index (Phi) is 3.38. The highest BCUT2D eigenvalue weighted by Gasteiger charge is 2.65. The molecule has 102 valence electrons. The molecule has 1 heterocycles. The van der Waals surface area contributed by atoms with E-state index in [2.05, 4.69) is 12.2 Å². The van der Waals surface area contributed by atoms with Gasteiger partial charge in [0.05, 0.1) is 11.8 Å². The molecule has 1 amide bonds. The van der Waals surface area contributed by atoms with Gasteiger partial charge in [0.2, 0.25) is 5.91 Å². The van der Waals surface area contributed by atoms with Crippen LogP contribution in [-0.4, -0.2) is 34.0 Å². The van der Waals surface area contributed by atoms with Crippen LogP contribution >= 0.6 is 11.8 Å². The molecule has 3 atom stereocenters. The molecule has 0 spiro atoms. The van der Waals surface area contributed by atoms with Gasteiger partial charge in [-0.05, 0) is 30.9 Å². The topological polar surface area (TPSA) is 66.4 Å². The molecule has 2 rings (SSSR count). The smallest absolute Gasteiger partial charge is 0.307 e. The number of nitrogens with one attached hydrogen (secondary N) is 1. The highest BCUT2D eigenvalue weighted by molar-refractivity contribution is 8.00. The van der Waals surface area contributed by atoms with E-state index >= 15 is 0 Å². The summed E-state index contributed by atoms with van der Waals surface area (Å²) in [4.78, 5) is 23.1. The van der Waals surface area contributed by atoms with Crippen LogP contribution in [0.25, 0.3) is 0 Å². The van der Waals surface area contributed by atoms with Gasteiger partial charge in [-0.25, -0.2) is 0 Å². The SMILES string of the molecule is CC1(CNC(=O)C2C(C(=O)O)C2(C)C)CCCS1. The zero-order chi connectivity index (χ0) is 13.6. The fraction of sp³-hybridized carbons (Fsp3) is 0.846. The van der Waals surface area contributed by atoms with Gasteiger partial charge in [-0.15, -0.1) is 0 Å². The number of hydrogen-bond donors (Lipinski definition) is 2. The average molecular weight is 271 g/mol. The van der Waals surface area contributed by atoms with Crippen LogP contribution in [0.2, 0.25) is 0 Å². The van der Waals surface area contributed by atoms with Crippen molar-refractivity contribution in [3.63, 3.8) is 0 Å². The summed E-state index contributed by atoms with van der Waals surface area (Å²) >= 11 is 1.89. The third-order valence-corrected chi connectivity index (χ3v) is 5.85. The van der Waals surface area contributed by atoms with Crippen molar-refractivity contribution in [2.24, 2.45) is 17.3 Å². The van der Waals surface area contributed by atoms with Crippen molar-refractivity contribution in [3.05, 3.63) is 0 Å². The molecule has 2 N–H and O–H groups in total. The molecule has 1 aliphatic carbocycles. The van der Waals surface area contributed by atoms with Gasteiger partial charge in [0, 0.05) is 11.3 Å². The minimum atomic E-state index is -0.860. The summed E-state index contributed by atoms with van der Waals surface area (Å²) < 4.78 is 0.132. The number of carbonyl (C=O) groups is 2. The maximum Gasteiger partial charge on any atom is 0.307 e. The maximum atomic E-state index is 12.1. The third kappa shape index (κ3) is 2.37. The van der Waals surface area contributed by atoms with E-state index < -0.39 is 17.3 Å². The standard InChI is InChI=1S/C13H21NO3S/c1-12(2)8(9(12)11(16)17)10(15)14-7-13(3)5-4-6-18-13/h8-9H,4-7H2,1-3H3,(H,14,15)(H,16,17). The van der Waals surface area contributed by atoms with Crippen molar-refractivity contribution >= 4 is 23.6 Å². The second-order valence-corrected chi connectivity index (χ2v) is 7.92. The molecule has 2 fully saturated rings. The summed E-state index contributed by atoms with van der Waals surface area (Å²) in [5.74, 6) is -0.701. The van der Waals surface area contributed by atoms with E-state index in [1.165, 1.54) is 6.42 Å². The van der Waals surface area contributed by atoms with Crippen molar-refractivity contribution in [2.45, 2.75) is 38.4 Å². The van der Waals surface area contributed by atoms with E-state index in [1.807, 2.05) is 25.6 Å². The van der Waals surface area contributed by atoms with Gasteiger partial charge in [-0.1, -0.05) is 13.8 Å². The quantitative estimate of drug-likeness (QED) is 0.817. The van der Waals surface area contributed by atoms with Crippen molar-refractivity contribution in [1.29, 1.82) is 0 Å². The summed E-state index contributed by atoms with van der Waals surface area (Å²) in [5.41, 5.74) is -0.403. The van der Waals surface area contributed by atoms with E-state index in [1.54, 1.807) is 0 Å². The van der Waals surface area contributed by atoms with Crippen molar-refractivity contribution < 1.29 is 14.7 Å². The lowest BCUT2D eigenvalue weighted by atomic mass is 10.1. The predicted molar refractivity (Wildman–Crippen MR) is 71.5 cm³/mol. The summed E-state index contributed by atoms with van der Waals surface area (Å²) in [5, 5.41) is 12.0. The lowest BCUT2D eigenvalue weighted by Gasteiger charge is -2.23. The number of carbonyl (C=O) groups excluding carboxylic acids is 1. The molecule has 1 saturated carbocycles. The van der Waals surface area contributed by atoms with Crippen LogP contribution in [0.5, 0.6) is 0 Å². The summed E-state index contributed by atoms with van der Waals surface area (Å²) in [6, 6.07) is 0. The number of thioether (sulfide) groups is 1. The molecule has 2 aliphatic rings. The molecule has 0 radical (unpaired) electrons. The molecule has 1 saturated heterocycles. The van der Waals surface area contributed by atoms with E-state index in [0.29, 0.717) is 6.54 Å². The summed E-state index contributed by atoms with van der Waals surface area (Å²) in [6.07, 6.45) is 2.32. The van der Waals surface area contributed by atoms with Crippen LogP contribution in [0.4, 0.5) is 0 Å². The summed E-state index contributed by atoms with van der Waals surface area (Å²) in [6.45, 7) is 6.51. The monoisotopic (exact) mass is 271 g/mol. The zero-order valence-electron chi connectivity index (χ0n) is 11.2. The number of hydrogen-bond acceptors (Lipinski definition) is 3. The predicted octanol–water partition coefficient (Wildman–Crippen LogP) is 1.75. The third-order valence-electron chi connectivity index (χ3n) is 4.31. The first-order chi connectivity index (χ1) is 8.28. The van der Waals surface area contributed by atoms with Gasteiger partial charge in [0.15, 0.2) is 0 Å². The Balaban J connectivity index is 1.88. The average Bonchev–Trinajstić information content (AvgIpc) is 2.64. The van der Waals surface area contributed by atoms with Gasteiger partial charge < -0.3 is 10.4 Å². The van der Waals surface area contributed by atoms with Gasteiger partial charge in [0.25, 0.3) is 0 Å². The van der Waals surface area contributed by atoms with Crippen LogP contribution in [0.3, 0.4) is 0 Å². The normalized spacial score (nSPS) is 37.3. The minimum Gasteiger partial charge on any atom is -0.481 e. The molecular formula is C13H21NO3S. The molecule has 18 heavy (non-hydrogen) atoms. The zero-order valence-corrected chi connectivity index (χ0v) is 12.0. The molecule has 0 aromatic carbocycles. The minimum absolute atomic E-state index is 0.0962. The Morgan fingerprint density at radius 2 is 2.00 bits per heavy atom. The Labute approximate surface area is 112 Å². The first-order valence-electron chi connectivity index (χ1n) is 6.42. The Hall–Kier alpha value is -0.710. The molecule has 3 unspecified atom stereocenters. The summed E-state index contributed by atoms with van der Waals surface area (Å²) in [7, 11) is 0. The first kappa shape index (κ1) is 13.7. The second-order valence-electron chi connectivity index (χ2n) is 6.23. The molecule has 4 nitrogen and oxygen atoms in total. The molecule has 1 aliphatic heterocycles. The van der Waals surface area contributed by atoms with Crippen molar-refractivity contribution in [2.75, 3.05) is 12.3 Å². The van der Waals surface area contributed by atoms with Crippen molar-refractivity contribution in [1.82, 2.24) is 5.32 Å². The number of carboxylic acid groups (broad SMARTS) is 1.